The highest BCUT2D eigenvalue weighted by molar-refractivity contribution is 6.12. The monoisotopic (exact) mass is 913 g/mol. The van der Waals surface area contributed by atoms with Crippen molar-refractivity contribution in [2.24, 2.45) is 0 Å². The topological polar surface area (TPSA) is 271 Å². The first-order chi connectivity index (χ1) is 33.8. The van der Waals surface area contributed by atoms with E-state index in [9.17, 15) is 14.7 Å². The van der Waals surface area contributed by atoms with Gasteiger partial charge < -0.3 is 25.6 Å². The average Bonchev–Trinajstić information content (AvgIpc) is 4.14. The number of para-hydroxylation sites is 1. The number of rotatable bonds is 9. The van der Waals surface area contributed by atoms with Gasteiger partial charge in [0.05, 0.1) is 22.0 Å². The number of aromatic carboxylic acids is 1. The number of anilines is 3. The van der Waals surface area contributed by atoms with Gasteiger partial charge in [0.15, 0.2) is 0 Å². The molecule has 0 saturated carbocycles. The van der Waals surface area contributed by atoms with Gasteiger partial charge in [0.1, 0.15) is 11.6 Å². The van der Waals surface area contributed by atoms with E-state index >= 15 is 0 Å². The first kappa shape index (κ1) is 43.2. The minimum atomic E-state index is -0.970. The SMILES string of the molecule is CN(C)CCNc1nc2cc(-c3nn[nH]n3)ccc2c2cnccc12.O=C(O)c1ccc2c(c1)nc(Nc1ccccc1)c1ccncc12.O=c1[nH]c2cc(-c3nn[nH]n3)ccc2c2cnccc12. The summed E-state index contributed by atoms with van der Waals surface area (Å²) >= 11 is 0. The molecule has 0 spiro atoms. The third-order valence-corrected chi connectivity index (χ3v) is 11.2. The van der Waals surface area contributed by atoms with Gasteiger partial charge in [-0.15, -0.1) is 20.4 Å². The molecular formula is C49H39N17O3. The number of pyridine rings is 6. The Balaban J connectivity index is 0.000000121. The number of likely N-dealkylation sites (N-methyl/N-ethyl adjacent to an activating group) is 1. The Morgan fingerprint density at radius 3 is 1.80 bits per heavy atom. The van der Waals surface area contributed by atoms with E-state index in [2.05, 4.69) is 95.8 Å². The van der Waals surface area contributed by atoms with Gasteiger partial charge >= 0.3 is 5.97 Å². The van der Waals surface area contributed by atoms with Crippen molar-refractivity contribution in [3.63, 3.8) is 0 Å². The van der Waals surface area contributed by atoms with E-state index < -0.39 is 5.97 Å². The minimum Gasteiger partial charge on any atom is -0.478 e. The van der Waals surface area contributed by atoms with Crippen molar-refractivity contribution in [3.8, 4) is 22.8 Å². The molecule has 338 valence electrons. The maximum Gasteiger partial charge on any atom is 0.335 e. The third-order valence-electron chi connectivity index (χ3n) is 11.2. The zero-order valence-electron chi connectivity index (χ0n) is 36.8. The van der Waals surface area contributed by atoms with Crippen LogP contribution >= 0.6 is 0 Å². The third kappa shape index (κ3) is 9.13. The highest BCUT2D eigenvalue weighted by Crippen LogP contribution is 2.33. The summed E-state index contributed by atoms with van der Waals surface area (Å²) in [6.07, 6.45) is 10.5. The van der Waals surface area contributed by atoms with E-state index in [1.54, 1.807) is 55.2 Å². The molecule has 4 aromatic carbocycles. The molecule has 0 bridgehead atoms. The predicted octanol–water partition coefficient (Wildman–Crippen LogP) is 7.42. The Labute approximate surface area is 389 Å². The van der Waals surface area contributed by atoms with Crippen LogP contribution in [0.3, 0.4) is 0 Å². The predicted molar refractivity (Wildman–Crippen MR) is 264 cm³/mol. The summed E-state index contributed by atoms with van der Waals surface area (Å²) < 4.78 is 0. The van der Waals surface area contributed by atoms with E-state index in [1.165, 1.54) is 0 Å². The van der Waals surface area contributed by atoms with Gasteiger partial charge in [0.25, 0.3) is 5.56 Å². The van der Waals surface area contributed by atoms with Crippen LogP contribution < -0.4 is 16.2 Å². The Morgan fingerprint density at radius 2 is 1.17 bits per heavy atom. The summed E-state index contributed by atoms with van der Waals surface area (Å²) in [6, 6.07) is 31.9. The van der Waals surface area contributed by atoms with Crippen molar-refractivity contribution in [2.75, 3.05) is 37.8 Å². The highest BCUT2D eigenvalue weighted by atomic mass is 16.4. The summed E-state index contributed by atoms with van der Waals surface area (Å²) in [4.78, 5) is 50.3. The van der Waals surface area contributed by atoms with Gasteiger partial charge in [-0.2, -0.15) is 10.4 Å². The molecule has 0 aliphatic heterocycles. The van der Waals surface area contributed by atoms with Crippen LogP contribution in [0.2, 0.25) is 0 Å². The van der Waals surface area contributed by atoms with Gasteiger partial charge in [-0.25, -0.2) is 14.8 Å². The molecule has 0 aliphatic rings. The molecule has 0 radical (unpaired) electrons. The second-order valence-corrected chi connectivity index (χ2v) is 15.9. The maximum atomic E-state index is 12.1. The number of tetrazole rings is 2. The van der Waals surface area contributed by atoms with Gasteiger partial charge in [-0.3, -0.25) is 19.7 Å². The molecule has 8 heterocycles. The molecule has 0 fully saturated rings. The zero-order valence-corrected chi connectivity index (χ0v) is 36.8. The van der Waals surface area contributed by atoms with Gasteiger partial charge in [-0.05, 0) is 79.1 Å². The Morgan fingerprint density at radius 1 is 0.609 bits per heavy atom. The number of carboxylic acid groups (broad SMARTS) is 1. The van der Waals surface area contributed by atoms with E-state index in [0.29, 0.717) is 28.4 Å². The largest absolute Gasteiger partial charge is 0.478 e. The fraction of sp³-hybridized carbons (Fsp3) is 0.0816. The van der Waals surface area contributed by atoms with Crippen molar-refractivity contribution in [1.82, 2.24) is 76.1 Å². The normalized spacial score (nSPS) is 11.2. The number of carbonyl (C=O) groups is 1. The quantitative estimate of drug-likeness (QED) is 0.0769. The number of nitrogens with one attached hydrogen (secondary N) is 5. The molecule has 0 atom stereocenters. The fourth-order valence-corrected chi connectivity index (χ4v) is 7.84. The standard InChI is InChI=1S/C19H13N3O2.C17H18N8.C13H8N6O/c23-19(24)12-6-7-14-16-11-20-9-8-15(16)18(22-17(14)10-12)21-13-4-2-1-3-5-13;1-25(2)8-7-19-17-13-5-6-18-10-14(13)12-4-3-11(9-15(12)20-17)16-21-23-24-22-16;20-13-9-3-4-14-6-10(9)8-2-1-7(5-11(8)15-13)12-16-18-19-17-12/h1-11H,(H,21,22)(H,23,24);3-6,9-10H,7-8H2,1-2H3,(H,19,20)(H,21,22,23,24);1-6H,(H,15,20)(H,16,17,18,19). The molecule has 0 aliphatic carbocycles. The summed E-state index contributed by atoms with van der Waals surface area (Å²) in [5, 5.41) is 52.2. The van der Waals surface area contributed by atoms with Gasteiger partial charge in [-0.1, -0.05) is 48.5 Å². The van der Waals surface area contributed by atoms with Crippen LogP contribution in [0.25, 0.3) is 87.8 Å². The number of fused-ring (bicyclic) bond motifs is 9. The molecule has 20 heteroatoms. The molecule has 12 aromatic rings. The number of aromatic amines is 3. The van der Waals surface area contributed by atoms with Crippen LogP contribution in [0.5, 0.6) is 0 Å². The lowest BCUT2D eigenvalue weighted by atomic mass is 10.1. The first-order valence-corrected chi connectivity index (χ1v) is 21.4. The fourth-order valence-electron chi connectivity index (χ4n) is 7.84. The molecule has 12 rings (SSSR count). The van der Waals surface area contributed by atoms with Crippen molar-refractivity contribution >= 4 is 88.3 Å². The van der Waals surface area contributed by atoms with Crippen molar-refractivity contribution in [3.05, 3.63) is 156 Å². The van der Waals surface area contributed by atoms with Crippen LogP contribution in [0, 0.1) is 0 Å². The lowest BCUT2D eigenvalue weighted by Crippen LogP contribution is -2.21. The molecule has 0 saturated heterocycles. The van der Waals surface area contributed by atoms with Crippen LogP contribution in [0.1, 0.15) is 10.4 Å². The summed E-state index contributed by atoms with van der Waals surface area (Å²) in [5.41, 5.74) is 4.85. The summed E-state index contributed by atoms with van der Waals surface area (Å²) in [6.45, 7) is 1.74. The van der Waals surface area contributed by atoms with Gasteiger partial charge in [0, 0.05) is 116 Å². The number of hydrogen-bond donors (Lipinski definition) is 6. The Hall–Kier alpha value is -9.69. The Bertz CT molecular complexity index is 3850. The van der Waals surface area contributed by atoms with Crippen LogP contribution in [0.4, 0.5) is 17.3 Å². The molecule has 69 heavy (non-hydrogen) atoms. The van der Waals surface area contributed by atoms with Crippen LogP contribution in [-0.2, 0) is 0 Å². The Kier molecular flexibility index (Phi) is 11.9. The molecule has 0 amide bonds. The average molecular weight is 914 g/mol. The molecular weight excluding hydrogens is 875 g/mol. The molecule has 20 nitrogen and oxygen atoms in total. The lowest BCUT2D eigenvalue weighted by Gasteiger charge is -2.14. The lowest BCUT2D eigenvalue weighted by molar-refractivity contribution is 0.0697. The second-order valence-electron chi connectivity index (χ2n) is 15.9. The second kappa shape index (κ2) is 19.0. The van der Waals surface area contributed by atoms with E-state index in [4.69, 9.17) is 4.98 Å². The highest BCUT2D eigenvalue weighted by Gasteiger charge is 2.14. The van der Waals surface area contributed by atoms with Crippen molar-refractivity contribution in [2.45, 2.75) is 0 Å². The van der Waals surface area contributed by atoms with E-state index in [1.807, 2.05) is 85.1 Å². The molecule has 6 N–H and O–H groups in total. The summed E-state index contributed by atoms with van der Waals surface area (Å²) in [5.74, 6) is 1.60. The summed E-state index contributed by atoms with van der Waals surface area (Å²) in [7, 11) is 4.10. The number of hydrogen-bond acceptors (Lipinski definition) is 16. The smallest absolute Gasteiger partial charge is 0.335 e. The van der Waals surface area contributed by atoms with Crippen molar-refractivity contribution < 1.29 is 9.90 Å². The maximum absolute atomic E-state index is 12.1. The number of nitrogens with zero attached hydrogens (tertiary/aromatic N) is 12. The van der Waals surface area contributed by atoms with Gasteiger partial charge in [0.2, 0.25) is 11.6 Å². The zero-order chi connectivity index (χ0) is 47.3. The molecule has 0 unspecified atom stereocenters. The number of H-pyrrole nitrogens is 3. The van der Waals surface area contributed by atoms with E-state index in [-0.39, 0.29) is 11.1 Å². The minimum absolute atomic E-state index is 0.139. The molecule has 8 aromatic heterocycles. The number of aromatic nitrogens is 14. The number of carboxylic acids is 1. The number of benzene rings is 4. The first-order valence-electron chi connectivity index (χ1n) is 21.4. The van der Waals surface area contributed by atoms with Crippen molar-refractivity contribution in [1.29, 1.82) is 0 Å². The van der Waals surface area contributed by atoms with Crippen LogP contribution in [-0.4, -0.2) is 114 Å². The van der Waals surface area contributed by atoms with E-state index in [0.717, 1.165) is 89.8 Å². The van der Waals surface area contributed by atoms with Crippen LogP contribution in [0.15, 0.2) is 145 Å².